The summed E-state index contributed by atoms with van der Waals surface area (Å²) in [6.45, 7) is 4.02. The zero-order valence-electron chi connectivity index (χ0n) is 17.0. The summed E-state index contributed by atoms with van der Waals surface area (Å²) in [5, 5.41) is 0. The molecule has 3 N–H and O–H groups in total. The van der Waals surface area contributed by atoms with Crippen molar-refractivity contribution in [3.05, 3.63) is 0 Å². The van der Waals surface area contributed by atoms with E-state index in [1.807, 2.05) is 0 Å². The van der Waals surface area contributed by atoms with Crippen molar-refractivity contribution in [3.8, 4) is 0 Å². The molecule has 0 aliphatic carbocycles. The predicted molar refractivity (Wildman–Crippen MR) is 104 cm³/mol. The van der Waals surface area contributed by atoms with E-state index in [0.717, 1.165) is 20.0 Å². The number of ether oxygens (including phenoxy) is 1. The highest BCUT2D eigenvalue weighted by molar-refractivity contribution is 7.80. The summed E-state index contributed by atoms with van der Waals surface area (Å²) in [5.74, 6) is -0.301. The minimum absolute atomic E-state index is 0.301. The van der Waals surface area contributed by atoms with Gasteiger partial charge in [0.2, 0.25) is 0 Å². The number of unbranched alkanes of at least 4 members (excludes halogenated alkanes) is 10. The summed E-state index contributed by atoms with van der Waals surface area (Å²) in [4.78, 5) is 11.4. The Morgan fingerprint density at radius 3 is 1.58 bits per heavy atom. The molecule has 0 heterocycles. The molecule has 0 aliphatic heterocycles. The van der Waals surface area contributed by atoms with Gasteiger partial charge in [-0.2, -0.15) is 8.42 Å². The summed E-state index contributed by atoms with van der Waals surface area (Å²) in [6.07, 6.45) is 15.1. The molecule has 0 saturated heterocycles. The number of nitrogens with two attached hydrogens (primary N) is 1. The lowest BCUT2D eigenvalue weighted by atomic mass is 9.95. The van der Waals surface area contributed by atoms with Crippen LogP contribution in [0.3, 0.4) is 0 Å². The van der Waals surface area contributed by atoms with Crippen LogP contribution in [0.2, 0.25) is 0 Å². The highest BCUT2D eigenvalue weighted by Crippen LogP contribution is 2.16. The molecule has 0 radical (unpaired) electrons. The second-order valence-corrected chi connectivity index (χ2v) is 7.98. The van der Waals surface area contributed by atoms with Crippen molar-refractivity contribution in [2.45, 2.75) is 96.4 Å². The quantitative estimate of drug-likeness (QED) is 0.258. The Labute approximate surface area is 160 Å². The summed E-state index contributed by atoms with van der Waals surface area (Å²) in [5.41, 5.74) is 5.11. The second-order valence-electron chi connectivity index (χ2n) is 6.79. The van der Waals surface area contributed by atoms with Crippen LogP contribution in [0.4, 0.5) is 0 Å². The van der Waals surface area contributed by atoms with Gasteiger partial charge in [-0.05, 0) is 13.3 Å². The molecule has 0 amide bonds. The normalized spacial score (nSPS) is 13.5. The Morgan fingerprint density at radius 1 is 0.923 bits per heavy atom. The van der Waals surface area contributed by atoms with E-state index in [1.54, 1.807) is 6.92 Å². The van der Waals surface area contributed by atoms with Gasteiger partial charge in [-0.15, -0.1) is 0 Å². The summed E-state index contributed by atoms with van der Waals surface area (Å²) in [6, 6.07) is 0. The number of carbonyl (C=O) groups is 1. The Morgan fingerprint density at radius 2 is 1.27 bits per heavy atom. The van der Waals surface area contributed by atoms with Crippen molar-refractivity contribution in [1.29, 1.82) is 0 Å². The van der Waals surface area contributed by atoms with Crippen LogP contribution in [-0.4, -0.2) is 38.7 Å². The zero-order valence-corrected chi connectivity index (χ0v) is 17.8. The van der Waals surface area contributed by atoms with Gasteiger partial charge < -0.3 is 10.5 Å². The average molecular weight is 398 g/mol. The molecule has 0 aromatic heterocycles. The van der Waals surface area contributed by atoms with E-state index in [-0.39, 0.29) is 5.97 Å². The topological polar surface area (TPSA) is 116 Å². The van der Waals surface area contributed by atoms with Crippen molar-refractivity contribution in [2.24, 2.45) is 5.73 Å². The first-order chi connectivity index (χ1) is 12.1. The van der Waals surface area contributed by atoms with Gasteiger partial charge in [-0.25, -0.2) is 0 Å². The van der Waals surface area contributed by atoms with Gasteiger partial charge in [0.25, 0.3) is 0 Å². The minimum atomic E-state index is -4.16. The van der Waals surface area contributed by atoms with Crippen LogP contribution in [0.15, 0.2) is 0 Å². The third kappa shape index (κ3) is 19.6. The van der Waals surface area contributed by atoms with Gasteiger partial charge in [0.15, 0.2) is 0 Å². The van der Waals surface area contributed by atoms with Gasteiger partial charge in [-0.3, -0.25) is 13.5 Å². The maximum absolute atomic E-state index is 11.4. The number of esters is 1. The molecular formula is C18H39NO6S. The van der Waals surface area contributed by atoms with Crippen LogP contribution in [0.25, 0.3) is 0 Å². The van der Waals surface area contributed by atoms with Crippen LogP contribution in [0, 0.1) is 0 Å². The lowest BCUT2D eigenvalue weighted by molar-refractivity contribution is -0.146. The molecule has 0 aromatic rings. The molecule has 8 heteroatoms. The highest BCUT2D eigenvalue weighted by atomic mass is 32.3. The van der Waals surface area contributed by atoms with E-state index >= 15 is 0 Å². The van der Waals surface area contributed by atoms with Crippen molar-refractivity contribution in [3.63, 3.8) is 0 Å². The van der Waals surface area contributed by atoms with E-state index in [0.29, 0.717) is 0 Å². The van der Waals surface area contributed by atoms with Gasteiger partial charge in [-0.1, -0.05) is 77.6 Å². The van der Waals surface area contributed by atoms with Gasteiger partial charge in [0, 0.05) is 0 Å². The van der Waals surface area contributed by atoms with E-state index in [2.05, 4.69) is 11.1 Å². The van der Waals surface area contributed by atoms with Crippen LogP contribution < -0.4 is 5.73 Å². The fourth-order valence-corrected chi connectivity index (χ4v) is 2.49. The number of hydrogen-bond acceptors (Lipinski definition) is 6. The molecule has 26 heavy (non-hydrogen) atoms. The molecular weight excluding hydrogens is 358 g/mol. The molecule has 0 fully saturated rings. The first-order valence-electron chi connectivity index (χ1n) is 9.51. The number of carbonyl (C=O) groups excluding carboxylic acids is 1. The Hall–Kier alpha value is -0.700. The van der Waals surface area contributed by atoms with Crippen LogP contribution in [-0.2, 0) is 24.1 Å². The van der Waals surface area contributed by atoms with Crippen molar-refractivity contribution in [1.82, 2.24) is 0 Å². The van der Waals surface area contributed by atoms with Gasteiger partial charge >= 0.3 is 16.4 Å². The van der Waals surface area contributed by atoms with E-state index < -0.39 is 15.9 Å². The minimum Gasteiger partial charge on any atom is -0.468 e. The molecule has 0 rings (SSSR count). The third-order valence-electron chi connectivity index (χ3n) is 4.16. The fourth-order valence-electron chi connectivity index (χ4n) is 2.49. The zero-order chi connectivity index (χ0) is 20.5. The SMILES string of the molecule is CCCCCCCCCCCCCC(C)(N)C(=O)OC.COS(=O)(=O)O. The first-order valence-corrected chi connectivity index (χ1v) is 10.9. The molecule has 0 aliphatic rings. The maximum Gasteiger partial charge on any atom is 0.397 e. The summed E-state index contributed by atoms with van der Waals surface area (Å²) < 4.78 is 34.4. The van der Waals surface area contributed by atoms with Crippen LogP contribution in [0.1, 0.15) is 90.9 Å². The molecule has 0 bridgehead atoms. The molecule has 0 aromatic carbocycles. The van der Waals surface area contributed by atoms with Crippen molar-refractivity contribution in [2.75, 3.05) is 14.2 Å². The largest absolute Gasteiger partial charge is 0.468 e. The molecule has 1 atom stereocenters. The number of hydrogen-bond donors (Lipinski definition) is 2. The predicted octanol–water partition coefficient (Wildman–Crippen LogP) is 4.01. The lowest BCUT2D eigenvalue weighted by Crippen LogP contribution is -2.45. The molecule has 0 spiro atoms. The van der Waals surface area contributed by atoms with Crippen LogP contribution >= 0.6 is 0 Å². The standard InChI is InChI=1S/C17H35NO2.CH4O4S/c1-4-5-6-7-8-9-10-11-12-13-14-15-17(2,18)16(19)20-3;1-5-6(2,3)4/h4-15,18H2,1-3H3;1H3,(H,2,3,4). The average Bonchev–Trinajstić information content (AvgIpc) is 2.58. The maximum atomic E-state index is 11.4. The Kier molecular flexibility index (Phi) is 17.4. The van der Waals surface area contributed by atoms with E-state index in [4.69, 9.17) is 15.0 Å². The Bertz CT molecular complexity index is 437. The van der Waals surface area contributed by atoms with Gasteiger partial charge in [0.1, 0.15) is 5.54 Å². The second kappa shape index (κ2) is 16.5. The summed E-state index contributed by atoms with van der Waals surface area (Å²) >= 11 is 0. The highest BCUT2D eigenvalue weighted by Gasteiger charge is 2.28. The molecule has 1 unspecified atom stereocenters. The van der Waals surface area contributed by atoms with E-state index in [1.165, 1.54) is 71.3 Å². The van der Waals surface area contributed by atoms with Crippen molar-refractivity contribution < 1.29 is 26.7 Å². The van der Waals surface area contributed by atoms with Crippen molar-refractivity contribution >= 4 is 16.4 Å². The molecule has 158 valence electrons. The smallest absolute Gasteiger partial charge is 0.397 e. The fraction of sp³-hybridized carbons (Fsp3) is 0.944. The molecule has 0 saturated carbocycles. The number of rotatable bonds is 14. The first kappa shape index (κ1) is 27.5. The number of methoxy groups -OCH3 is 1. The van der Waals surface area contributed by atoms with Gasteiger partial charge in [0.05, 0.1) is 14.2 Å². The molecule has 7 nitrogen and oxygen atoms in total. The van der Waals surface area contributed by atoms with E-state index in [9.17, 15) is 13.2 Å². The van der Waals surface area contributed by atoms with Crippen LogP contribution in [0.5, 0.6) is 0 Å². The lowest BCUT2D eigenvalue weighted by Gasteiger charge is -2.20. The monoisotopic (exact) mass is 397 g/mol. The third-order valence-corrected chi connectivity index (χ3v) is 4.58. The summed E-state index contributed by atoms with van der Waals surface area (Å²) in [7, 11) is -1.89. The Balaban J connectivity index is 0.